The van der Waals surface area contributed by atoms with Gasteiger partial charge in [0.25, 0.3) is 0 Å². The SMILES string of the molecule is COC1(C(O)c2ccsc2C)CCC(C)(C)CC1. The predicted molar refractivity (Wildman–Crippen MR) is 76.0 cm³/mol. The summed E-state index contributed by atoms with van der Waals surface area (Å²) in [5.41, 5.74) is 1.04. The van der Waals surface area contributed by atoms with Crippen molar-refractivity contribution in [2.24, 2.45) is 5.41 Å². The Morgan fingerprint density at radius 3 is 2.33 bits per heavy atom. The number of hydrogen-bond donors (Lipinski definition) is 1. The molecule has 0 aliphatic heterocycles. The zero-order chi connectivity index (χ0) is 13.4. The van der Waals surface area contributed by atoms with E-state index in [-0.39, 0.29) is 5.60 Å². The second kappa shape index (κ2) is 4.95. The second-order valence-corrected chi connectivity index (χ2v) is 7.39. The van der Waals surface area contributed by atoms with Gasteiger partial charge < -0.3 is 9.84 Å². The van der Waals surface area contributed by atoms with Gasteiger partial charge in [-0.1, -0.05) is 13.8 Å². The van der Waals surface area contributed by atoms with Gasteiger partial charge in [0.05, 0.1) is 5.60 Å². The zero-order valence-electron chi connectivity index (χ0n) is 11.8. The summed E-state index contributed by atoms with van der Waals surface area (Å²) in [5.74, 6) is 0. The van der Waals surface area contributed by atoms with Crippen LogP contribution in [0.1, 0.15) is 56.1 Å². The minimum Gasteiger partial charge on any atom is -0.385 e. The van der Waals surface area contributed by atoms with E-state index in [0.717, 1.165) is 31.2 Å². The molecule has 2 nitrogen and oxygen atoms in total. The van der Waals surface area contributed by atoms with Crippen LogP contribution in [0.5, 0.6) is 0 Å². The topological polar surface area (TPSA) is 29.5 Å². The summed E-state index contributed by atoms with van der Waals surface area (Å²) in [5, 5.41) is 12.8. The maximum atomic E-state index is 10.7. The molecule has 3 heteroatoms. The van der Waals surface area contributed by atoms with Gasteiger partial charge in [0.2, 0.25) is 0 Å². The lowest BCUT2D eigenvalue weighted by Crippen LogP contribution is -2.44. The quantitative estimate of drug-likeness (QED) is 0.895. The number of methoxy groups -OCH3 is 1. The first kappa shape index (κ1) is 14.0. The van der Waals surface area contributed by atoms with E-state index in [0.29, 0.717) is 5.41 Å². The summed E-state index contributed by atoms with van der Waals surface area (Å²) in [6.07, 6.45) is 3.60. The van der Waals surface area contributed by atoms with Crippen molar-refractivity contribution in [3.05, 3.63) is 21.9 Å². The summed E-state index contributed by atoms with van der Waals surface area (Å²) in [6.45, 7) is 6.67. The Morgan fingerprint density at radius 2 is 1.89 bits per heavy atom. The van der Waals surface area contributed by atoms with Crippen LogP contribution in [0.15, 0.2) is 11.4 Å². The van der Waals surface area contributed by atoms with E-state index in [1.165, 1.54) is 4.88 Å². The summed E-state index contributed by atoms with van der Waals surface area (Å²) in [7, 11) is 1.74. The molecule has 1 aromatic rings. The highest BCUT2D eigenvalue weighted by atomic mass is 32.1. The second-order valence-electron chi connectivity index (χ2n) is 6.27. The van der Waals surface area contributed by atoms with Gasteiger partial charge in [-0.15, -0.1) is 11.3 Å². The first-order valence-electron chi connectivity index (χ1n) is 6.67. The Kier molecular flexibility index (Phi) is 3.86. The first-order chi connectivity index (χ1) is 8.40. The van der Waals surface area contributed by atoms with Crippen LogP contribution >= 0.6 is 11.3 Å². The minimum absolute atomic E-state index is 0.380. The zero-order valence-corrected chi connectivity index (χ0v) is 12.6. The molecule has 1 atom stereocenters. The molecule has 0 bridgehead atoms. The van der Waals surface area contributed by atoms with Crippen LogP contribution in [0.2, 0.25) is 0 Å². The van der Waals surface area contributed by atoms with E-state index in [1.54, 1.807) is 18.4 Å². The number of ether oxygens (including phenoxy) is 1. The predicted octanol–water partition coefficient (Wildman–Crippen LogP) is 4.08. The third-order valence-electron chi connectivity index (χ3n) is 4.55. The molecular formula is C15H24O2S. The van der Waals surface area contributed by atoms with Crippen LogP contribution in [0.3, 0.4) is 0 Å². The highest BCUT2D eigenvalue weighted by molar-refractivity contribution is 7.10. The standard InChI is InChI=1S/C15H24O2S/c1-11-12(5-10-18-11)13(16)15(17-4)8-6-14(2,3)7-9-15/h5,10,13,16H,6-9H2,1-4H3. The van der Waals surface area contributed by atoms with Crippen LogP contribution < -0.4 is 0 Å². The van der Waals surface area contributed by atoms with Gasteiger partial charge in [0.1, 0.15) is 6.10 Å². The van der Waals surface area contributed by atoms with Crippen molar-refractivity contribution >= 4 is 11.3 Å². The lowest BCUT2D eigenvalue weighted by atomic mass is 9.68. The van der Waals surface area contributed by atoms with Crippen LogP contribution in [0.4, 0.5) is 0 Å². The Hall–Kier alpha value is -0.380. The van der Waals surface area contributed by atoms with Gasteiger partial charge >= 0.3 is 0 Å². The van der Waals surface area contributed by atoms with Gasteiger partial charge in [0.15, 0.2) is 0 Å². The number of hydrogen-bond acceptors (Lipinski definition) is 3. The summed E-state index contributed by atoms with van der Waals surface area (Å²) < 4.78 is 5.77. The molecule has 1 aliphatic rings. The molecule has 1 heterocycles. The minimum atomic E-state index is -0.496. The van der Waals surface area contributed by atoms with Gasteiger partial charge in [-0.2, -0.15) is 0 Å². The van der Waals surface area contributed by atoms with E-state index < -0.39 is 6.10 Å². The summed E-state index contributed by atoms with van der Waals surface area (Å²) >= 11 is 1.69. The number of thiophene rings is 1. The van der Waals surface area contributed by atoms with Crippen molar-refractivity contribution in [1.82, 2.24) is 0 Å². The molecule has 1 unspecified atom stereocenters. The Bertz CT molecular complexity index is 398. The van der Waals surface area contributed by atoms with E-state index >= 15 is 0 Å². The van der Waals surface area contributed by atoms with Crippen LogP contribution in [-0.4, -0.2) is 17.8 Å². The number of aryl methyl sites for hydroxylation is 1. The van der Waals surface area contributed by atoms with Gasteiger partial charge in [0, 0.05) is 12.0 Å². The third-order valence-corrected chi connectivity index (χ3v) is 5.41. The molecule has 1 N–H and O–H groups in total. The van der Waals surface area contributed by atoms with Gasteiger partial charge in [-0.3, -0.25) is 0 Å². The Labute approximate surface area is 114 Å². The highest BCUT2D eigenvalue weighted by Crippen LogP contribution is 2.48. The maximum Gasteiger partial charge on any atom is 0.109 e. The van der Waals surface area contributed by atoms with E-state index in [2.05, 4.69) is 20.8 Å². The number of rotatable bonds is 3. The molecule has 1 fully saturated rings. The van der Waals surface area contributed by atoms with Gasteiger partial charge in [-0.05, 0) is 55.0 Å². The maximum absolute atomic E-state index is 10.7. The molecule has 0 saturated heterocycles. The summed E-state index contributed by atoms with van der Waals surface area (Å²) in [4.78, 5) is 1.20. The Balaban J connectivity index is 2.21. The first-order valence-corrected chi connectivity index (χ1v) is 7.55. The molecule has 0 spiro atoms. The van der Waals surface area contributed by atoms with E-state index in [9.17, 15) is 5.11 Å². The molecule has 2 rings (SSSR count). The molecule has 1 saturated carbocycles. The van der Waals surface area contributed by atoms with Crippen LogP contribution in [0, 0.1) is 12.3 Å². The monoisotopic (exact) mass is 268 g/mol. The normalized spacial score (nSPS) is 23.8. The molecule has 0 radical (unpaired) electrons. The molecule has 18 heavy (non-hydrogen) atoms. The fourth-order valence-corrected chi connectivity index (χ4v) is 3.64. The van der Waals surface area contributed by atoms with Crippen LogP contribution in [0.25, 0.3) is 0 Å². The van der Waals surface area contributed by atoms with Crippen molar-refractivity contribution < 1.29 is 9.84 Å². The van der Waals surface area contributed by atoms with Crippen molar-refractivity contribution in [1.29, 1.82) is 0 Å². The molecule has 102 valence electrons. The van der Waals surface area contributed by atoms with Crippen molar-refractivity contribution in [3.63, 3.8) is 0 Å². The average Bonchev–Trinajstić information content (AvgIpc) is 2.75. The van der Waals surface area contributed by atoms with Crippen molar-refractivity contribution in [2.75, 3.05) is 7.11 Å². The lowest BCUT2D eigenvalue weighted by Gasteiger charge is -2.45. The lowest BCUT2D eigenvalue weighted by molar-refractivity contribution is -0.138. The fraction of sp³-hybridized carbons (Fsp3) is 0.733. The highest BCUT2D eigenvalue weighted by Gasteiger charge is 2.44. The average molecular weight is 268 g/mol. The van der Waals surface area contributed by atoms with E-state index in [1.807, 2.05) is 11.4 Å². The number of aliphatic hydroxyl groups is 1. The fourth-order valence-electron chi connectivity index (χ4n) is 2.90. The molecule has 0 amide bonds. The summed E-state index contributed by atoms with van der Waals surface area (Å²) in [6, 6.07) is 2.03. The van der Waals surface area contributed by atoms with Crippen LogP contribution in [-0.2, 0) is 4.74 Å². The van der Waals surface area contributed by atoms with Crippen molar-refractivity contribution in [2.45, 2.75) is 58.2 Å². The number of aliphatic hydroxyl groups excluding tert-OH is 1. The Morgan fingerprint density at radius 1 is 1.28 bits per heavy atom. The molecular weight excluding hydrogens is 244 g/mol. The molecule has 1 aliphatic carbocycles. The molecule has 1 aromatic heterocycles. The largest absolute Gasteiger partial charge is 0.385 e. The third kappa shape index (κ3) is 2.49. The van der Waals surface area contributed by atoms with Gasteiger partial charge in [-0.25, -0.2) is 0 Å². The smallest absolute Gasteiger partial charge is 0.109 e. The molecule has 0 aromatic carbocycles. The van der Waals surface area contributed by atoms with E-state index in [4.69, 9.17) is 4.74 Å². The van der Waals surface area contributed by atoms with Crippen molar-refractivity contribution in [3.8, 4) is 0 Å².